The third-order valence-electron chi connectivity index (χ3n) is 3.10. The van der Waals surface area contributed by atoms with Crippen LogP contribution >= 0.6 is 15.9 Å². The van der Waals surface area contributed by atoms with Crippen molar-refractivity contribution in [3.63, 3.8) is 0 Å². The van der Waals surface area contributed by atoms with Gasteiger partial charge in [-0.25, -0.2) is 0 Å². The highest BCUT2D eigenvalue weighted by Gasteiger charge is 2.09. The van der Waals surface area contributed by atoms with Gasteiger partial charge in [-0.05, 0) is 37.5 Å². The fourth-order valence-corrected chi connectivity index (χ4v) is 2.68. The largest absolute Gasteiger partial charge is 0.493 e. The summed E-state index contributed by atoms with van der Waals surface area (Å²) >= 11 is 3.55. The lowest BCUT2D eigenvalue weighted by molar-refractivity contribution is 0.183. The molecule has 5 heteroatoms. The van der Waals surface area contributed by atoms with Crippen LogP contribution in [0.4, 0.5) is 0 Å². The topological polar surface area (TPSA) is 39.7 Å². The van der Waals surface area contributed by atoms with E-state index in [9.17, 15) is 0 Å². The molecule has 0 aromatic heterocycles. The van der Waals surface area contributed by atoms with Crippen molar-refractivity contribution in [2.45, 2.75) is 26.3 Å². The Balaban J connectivity index is 2.57. The van der Waals surface area contributed by atoms with Crippen LogP contribution in [0, 0.1) is 6.92 Å². The molecule has 4 nitrogen and oxygen atoms in total. The summed E-state index contributed by atoms with van der Waals surface area (Å²) in [5.74, 6) is 0.987. The smallest absolute Gasteiger partial charge is 0.126 e. The first-order chi connectivity index (χ1) is 10.2. The van der Waals surface area contributed by atoms with Gasteiger partial charge in [-0.2, -0.15) is 0 Å². The molecule has 0 spiro atoms. The van der Waals surface area contributed by atoms with Crippen molar-refractivity contribution in [2.75, 3.05) is 40.6 Å². The molecule has 0 bridgehead atoms. The number of hydrogen-bond acceptors (Lipinski definition) is 4. The van der Waals surface area contributed by atoms with Crippen LogP contribution in [-0.4, -0.2) is 40.6 Å². The monoisotopic (exact) mass is 359 g/mol. The molecule has 0 atom stereocenters. The average molecular weight is 360 g/mol. The molecule has 120 valence electrons. The maximum absolute atomic E-state index is 5.98. The van der Waals surface area contributed by atoms with Gasteiger partial charge in [-0.1, -0.05) is 15.9 Å². The van der Waals surface area contributed by atoms with Crippen molar-refractivity contribution in [1.82, 2.24) is 5.32 Å². The Bertz CT molecular complexity index is 413. The van der Waals surface area contributed by atoms with Gasteiger partial charge in [-0.3, -0.25) is 0 Å². The van der Waals surface area contributed by atoms with Crippen molar-refractivity contribution in [3.8, 4) is 5.75 Å². The molecule has 1 rings (SSSR count). The van der Waals surface area contributed by atoms with Crippen LogP contribution in [0.2, 0.25) is 0 Å². The molecule has 0 fully saturated rings. The maximum Gasteiger partial charge on any atom is 0.126 e. The summed E-state index contributed by atoms with van der Waals surface area (Å²) < 4.78 is 17.2. The van der Waals surface area contributed by atoms with Gasteiger partial charge in [0.05, 0.1) is 13.2 Å². The fourth-order valence-electron chi connectivity index (χ4n) is 2.06. The third-order valence-corrected chi connectivity index (χ3v) is 3.56. The minimum atomic E-state index is 0.709. The van der Waals surface area contributed by atoms with Crippen LogP contribution in [-0.2, 0) is 16.0 Å². The first-order valence-corrected chi connectivity index (χ1v) is 8.08. The number of ether oxygens (including phenoxy) is 3. The SMILES string of the molecule is COCCCCOc1c(C)cc(Br)cc1CNCCOC. The highest BCUT2D eigenvalue weighted by Crippen LogP contribution is 2.28. The molecule has 1 aromatic rings. The summed E-state index contributed by atoms with van der Waals surface area (Å²) in [6.45, 7) is 5.89. The zero-order chi connectivity index (χ0) is 15.5. The minimum absolute atomic E-state index is 0.709. The van der Waals surface area contributed by atoms with Gasteiger partial charge in [-0.15, -0.1) is 0 Å². The Kier molecular flexibility index (Phi) is 9.67. The summed E-state index contributed by atoms with van der Waals surface area (Å²) in [4.78, 5) is 0. The molecule has 0 saturated carbocycles. The molecular weight excluding hydrogens is 334 g/mol. The van der Waals surface area contributed by atoms with E-state index < -0.39 is 0 Å². The Morgan fingerprint density at radius 2 is 1.76 bits per heavy atom. The van der Waals surface area contributed by atoms with Crippen LogP contribution in [0.15, 0.2) is 16.6 Å². The van der Waals surface area contributed by atoms with Gasteiger partial charge in [0, 0.05) is 44.0 Å². The predicted octanol–water partition coefficient (Wildman–Crippen LogP) is 3.30. The first kappa shape index (κ1) is 18.4. The summed E-state index contributed by atoms with van der Waals surface area (Å²) in [5, 5.41) is 3.36. The number of unbranched alkanes of at least 4 members (excludes halogenated alkanes) is 1. The van der Waals surface area contributed by atoms with Crippen LogP contribution < -0.4 is 10.1 Å². The molecule has 0 radical (unpaired) electrons. The van der Waals surface area contributed by atoms with Crippen LogP contribution in [0.25, 0.3) is 0 Å². The van der Waals surface area contributed by atoms with Gasteiger partial charge in [0.25, 0.3) is 0 Å². The number of halogens is 1. The van der Waals surface area contributed by atoms with Gasteiger partial charge >= 0.3 is 0 Å². The molecule has 0 heterocycles. The van der Waals surface area contributed by atoms with Gasteiger partial charge in [0.2, 0.25) is 0 Å². The van der Waals surface area contributed by atoms with E-state index >= 15 is 0 Å². The van der Waals surface area contributed by atoms with Crippen LogP contribution in [0.5, 0.6) is 5.75 Å². The molecule has 0 amide bonds. The van der Waals surface area contributed by atoms with Gasteiger partial charge in [0.1, 0.15) is 5.75 Å². The average Bonchev–Trinajstić information content (AvgIpc) is 2.45. The van der Waals surface area contributed by atoms with Gasteiger partial charge < -0.3 is 19.5 Å². The first-order valence-electron chi connectivity index (χ1n) is 7.29. The Morgan fingerprint density at radius 1 is 1.05 bits per heavy atom. The van der Waals surface area contributed by atoms with E-state index in [0.717, 1.165) is 54.9 Å². The number of rotatable bonds is 11. The highest BCUT2D eigenvalue weighted by atomic mass is 79.9. The van der Waals surface area contributed by atoms with E-state index in [1.54, 1.807) is 14.2 Å². The number of methoxy groups -OCH3 is 2. The van der Waals surface area contributed by atoms with Crippen molar-refractivity contribution < 1.29 is 14.2 Å². The van der Waals surface area contributed by atoms with E-state index in [-0.39, 0.29) is 0 Å². The quantitative estimate of drug-likeness (QED) is 0.615. The lowest BCUT2D eigenvalue weighted by Crippen LogP contribution is -2.19. The summed E-state index contributed by atoms with van der Waals surface area (Å²) in [7, 11) is 3.43. The summed E-state index contributed by atoms with van der Waals surface area (Å²) in [6.07, 6.45) is 2.02. The minimum Gasteiger partial charge on any atom is -0.493 e. The molecule has 0 aliphatic carbocycles. The second-order valence-corrected chi connectivity index (χ2v) is 5.84. The van der Waals surface area contributed by atoms with E-state index in [2.05, 4.69) is 40.3 Å². The maximum atomic E-state index is 5.98. The fraction of sp³-hybridized carbons (Fsp3) is 0.625. The molecule has 0 aliphatic heterocycles. The van der Waals surface area contributed by atoms with Crippen molar-refractivity contribution in [1.29, 1.82) is 0 Å². The van der Waals surface area contributed by atoms with Crippen molar-refractivity contribution >= 4 is 15.9 Å². The Hall–Kier alpha value is -0.620. The molecule has 1 N–H and O–H groups in total. The molecule has 0 aliphatic rings. The van der Waals surface area contributed by atoms with Crippen LogP contribution in [0.1, 0.15) is 24.0 Å². The Morgan fingerprint density at radius 3 is 2.48 bits per heavy atom. The lowest BCUT2D eigenvalue weighted by atomic mass is 10.1. The normalized spacial score (nSPS) is 10.9. The zero-order valence-electron chi connectivity index (χ0n) is 13.2. The van der Waals surface area contributed by atoms with Crippen LogP contribution in [0.3, 0.4) is 0 Å². The number of benzene rings is 1. The molecule has 21 heavy (non-hydrogen) atoms. The number of nitrogens with one attached hydrogen (secondary N) is 1. The van der Waals surface area contributed by atoms with Gasteiger partial charge in [0.15, 0.2) is 0 Å². The second kappa shape index (κ2) is 11.0. The Labute approximate surface area is 136 Å². The molecule has 1 aromatic carbocycles. The van der Waals surface area contributed by atoms with Crippen molar-refractivity contribution in [3.05, 3.63) is 27.7 Å². The summed E-state index contributed by atoms with van der Waals surface area (Å²) in [5.41, 5.74) is 2.32. The molecule has 0 saturated heterocycles. The van der Waals surface area contributed by atoms with E-state index in [1.165, 1.54) is 5.56 Å². The molecular formula is C16H26BrNO3. The second-order valence-electron chi connectivity index (χ2n) is 4.93. The standard InChI is InChI=1S/C16H26BrNO3/c1-13-10-15(17)11-14(12-18-6-9-20-3)16(13)21-8-5-4-7-19-2/h10-11,18H,4-9,12H2,1-3H3. The zero-order valence-corrected chi connectivity index (χ0v) is 14.8. The highest BCUT2D eigenvalue weighted by molar-refractivity contribution is 9.10. The van der Waals surface area contributed by atoms with Crippen molar-refractivity contribution in [2.24, 2.45) is 0 Å². The lowest BCUT2D eigenvalue weighted by Gasteiger charge is -2.15. The predicted molar refractivity (Wildman–Crippen MR) is 89.1 cm³/mol. The summed E-state index contributed by atoms with van der Waals surface area (Å²) in [6, 6.07) is 4.19. The van der Waals surface area contributed by atoms with E-state index in [0.29, 0.717) is 6.61 Å². The van der Waals surface area contributed by atoms with E-state index in [1.807, 2.05) is 0 Å². The number of aryl methyl sites for hydroxylation is 1. The number of hydrogen-bond donors (Lipinski definition) is 1. The third kappa shape index (κ3) is 7.27. The van der Waals surface area contributed by atoms with E-state index in [4.69, 9.17) is 14.2 Å². The molecule has 0 unspecified atom stereocenters.